The summed E-state index contributed by atoms with van der Waals surface area (Å²) in [6.07, 6.45) is -4.86. The van der Waals surface area contributed by atoms with Crippen molar-refractivity contribution >= 4 is 11.9 Å². The molecule has 2 aromatic rings. The van der Waals surface area contributed by atoms with E-state index in [2.05, 4.69) is 0 Å². The van der Waals surface area contributed by atoms with Crippen LogP contribution >= 0.6 is 0 Å². The van der Waals surface area contributed by atoms with Crippen molar-refractivity contribution in [1.29, 1.82) is 0 Å². The van der Waals surface area contributed by atoms with Crippen molar-refractivity contribution in [2.45, 2.75) is 32.5 Å². The molecule has 0 spiro atoms. The van der Waals surface area contributed by atoms with Gasteiger partial charge in [0.05, 0.1) is 18.2 Å². The Hall–Kier alpha value is -2.77. The molecule has 0 atom stereocenters. The molecule has 0 aliphatic rings. The van der Waals surface area contributed by atoms with E-state index in [1.807, 2.05) is 0 Å². The minimum absolute atomic E-state index is 0.00510. The molecular formula is C18H18F3NO4. The number of hydrogen-bond donors (Lipinski definition) is 1. The van der Waals surface area contributed by atoms with Crippen molar-refractivity contribution in [3.63, 3.8) is 0 Å². The Labute approximate surface area is 148 Å². The van der Waals surface area contributed by atoms with Crippen molar-refractivity contribution in [3.05, 3.63) is 59.0 Å². The third-order valence-corrected chi connectivity index (χ3v) is 3.75. The standard InChI is InChI=1S/C18H18F3NO4/c1-12-11-26-14(9-15(23)24)16(12)17(25)22(8-7-18(19,20)21)10-13-5-3-2-4-6-13/h2-6,11H,7-10H2,1H3,(H,23,24). The topological polar surface area (TPSA) is 70.7 Å². The predicted octanol–water partition coefficient (Wildman–Crippen LogP) is 3.81. The van der Waals surface area contributed by atoms with Gasteiger partial charge in [-0.2, -0.15) is 13.2 Å². The smallest absolute Gasteiger partial charge is 0.390 e. The van der Waals surface area contributed by atoms with E-state index in [0.717, 1.165) is 4.90 Å². The number of amides is 1. The largest absolute Gasteiger partial charge is 0.481 e. The van der Waals surface area contributed by atoms with Crippen molar-refractivity contribution < 1.29 is 32.3 Å². The molecule has 2 rings (SSSR count). The number of alkyl halides is 3. The number of halogens is 3. The highest BCUT2D eigenvalue weighted by atomic mass is 19.4. The summed E-state index contributed by atoms with van der Waals surface area (Å²) in [5.74, 6) is -1.94. The summed E-state index contributed by atoms with van der Waals surface area (Å²) in [5, 5.41) is 8.93. The average molecular weight is 369 g/mol. The molecule has 1 N–H and O–H groups in total. The molecule has 0 fully saturated rings. The molecule has 0 radical (unpaired) electrons. The van der Waals surface area contributed by atoms with Gasteiger partial charge in [0, 0.05) is 18.7 Å². The summed E-state index contributed by atoms with van der Waals surface area (Å²) in [6.45, 7) is 0.994. The zero-order chi connectivity index (χ0) is 19.3. The van der Waals surface area contributed by atoms with Crippen molar-refractivity contribution in [3.8, 4) is 0 Å². The minimum Gasteiger partial charge on any atom is -0.481 e. The van der Waals surface area contributed by atoms with E-state index >= 15 is 0 Å². The first-order chi connectivity index (χ1) is 12.2. The maximum absolute atomic E-state index is 12.9. The normalized spacial score (nSPS) is 11.4. The van der Waals surface area contributed by atoms with Gasteiger partial charge in [0.25, 0.3) is 5.91 Å². The summed E-state index contributed by atoms with van der Waals surface area (Å²) < 4.78 is 43.1. The van der Waals surface area contributed by atoms with Crippen LogP contribution in [-0.4, -0.2) is 34.6 Å². The maximum atomic E-state index is 12.9. The second-order valence-electron chi connectivity index (χ2n) is 5.86. The highest BCUT2D eigenvalue weighted by Gasteiger charge is 2.31. The van der Waals surface area contributed by atoms with E-state index in [0.29, 0.717) is 11.1 Å². The lowest BCUT2D eigenvalue weighted by atomic mass is 10.1. The lowest BCUT2D eigenvalue weighted by molar-refractivity contribution is -0.137. The quantitative estimate of drug-likeness (QED) is 0.806. The number of aliphatic carboxylic acids is 1. The second-order valence-corrected chi connectivity index (χ2v) is 5.86. The molecule has 0 saturated carbocycles. The molecule has 5 nitrogen and oxygen atoms in total. The monoisotopic (exact) mass is 369 g/mol. The Bertz CT molecular complexity index is 768. The zero-order valence-electron chi connectivity index (χ0n) is 14.0. The average Bonchev–Trinajstić information content (AvgIpc) is 2.90. The Morgan fingerprint density at radius 3 is 2.42 bits per heavy atom. The van der Waals surface area contributed by atoms with E-state index in [4.69, 9.17) is 9.52 Å². The highest BCUT2D eigenvalue weighted by molar-refractivity contribution is 5.97. The first kappa shape index (κ1) is 19.6. The van der Waals surface area contributed by atoms with Crippen LogP contribution in [-0.2, 0) is 17.8 Å². The van der Waals surface area contributed by atoms with Gasteiger partial charge in [-0.3, -0.25) is 9.59 Å². The number of hydrogen-bond acceptors (Lipinski definition) is 3. The zero-order valence-corrected chi connectivity index (χ0v) is 14.0. The summed E-state index contributed by atoms with van der Waals surface area (Å²) in [4.78, 5) is 24.9. The summed E-state index contributed by atoms with van der Waals surface area (Å²) >= 11 is 0. The third-order valence-electron chi connectivity index (χ3n) is 3.75. The Kier molecular flexibility index (Phi) is 6.07. The number of carbonyl (C=O) groups is 2. The first-order valence-corrected chi connectivity index (χ1v) is 7.86. The van der Waals surface area contributed by atoms with E-state index < -0.39 is 37.4 Å². The van der Waals surface area contributed by atoms with E-state index in [-0.39, 0.29) is 17.9 Å². The van der Waals surface area contributed by atoms with Gasteiger partial charge in [-0.25, -0.2) is 0 Å². The molecule has 1 aromatic carbocycles. The van der Waals surface area contributed by atoms with E-state index in [1.165, 1.54) is 6.26 Å². The molecule has 8 heteroatoms. The molecule has 0 unspecified atom stereocenters. The molecule has 0 aliphatic heterocycles. The van der Waals surface area contributed by atoms with E-state index in [1.54, 1.807) is 37.3 Å². The SMILES string of the molecule is Cc1coc(CC(=O)O)c1C(=O)N(CCC(F)(F)F)Cc1ccccc1. The van der Waals surface area contributed by atoms with Crippen LogP contribution in [0.25, 0.3) is 0 Å². The minimum atomic E-state index is -4.41. The van der Waals surface area contributed by atoms with Gasteiger partial charge >= 0.3 is 12.1 Å². The predicted molar refractivity (Wildman–Crippen MR) is 86.6 cm³/mol. The first-order valence-electron chi connectivity index (χ1n) is 7.86. The maximum Gasteiger partial charge on any atom is 0.390 e. The fraction of sp³-hybridized carbons (Fsp3) is 0.333. The molecule has 1 aromatic heterocycles. The van der Waals surface area contributed by atoms with Gasteiger partial charge in [0.1, 0.15) is 12.2 Å². The van der Waals surface area contributed by atoms with Gasteiger partial charge in [-0.05, 0) is 12.5 Å². The molecule has 1 heterocycles. The number of carboxylic acids is 1. The van der Waals surface area contributed by atoms with Crippen LogP contribution in [0.15, 0.2) is 41.0 Å². The fourth-order valence-electron chi connectivity index (χ4n) is 2.53. The Morgan fingerprint density at radius 1 is 1.19 bits per heavy atom. The number of carbonyl (C=O) groups excluding carboxylic acids is 1. The highest BCUT2D eigenvalue weighted by Crippen LogP contribution is 2.24. The van der Waals surface area contributed by atoms with Gasteiger partial charge in [0.2, 0.25) is 0 Å². The third kappa shape index (κ3) is 5.37. The van der Waals surface area contributed by atoms with Crippen LogP contribution in [0.5, 0.6) is 0 Å². The van der Waals surface area contributed by atoms with Gasteiger partial charge in [-0.1, -0.05) is 30.3 Å². The number of rotatable bonds is 7. The molecule has 26 heavy (non-hydrogen) atoms. The van der Waals surface area contributed by atoms with Crippen LogP contribution in [0.2, 0.25) is 0 Å². The lowest BCUT2D eigenvalue weighted by Crippen LogP contribution is -2.34. The molecule has 1 amide bonds. The summed E-state index contributed by atoms with van der Waals surface area (Å²) in [7, 11) is 0. The van der Waals surface area contributed by atoms with Crippen LogP contribution in [0.1, 0.15) is 33.7 Å². The van der Waals surface area contributed by atoms with Crippen LogP contribution in [0.3, 0.4) is 0 Å². The number of benzene rings is 1. The fourth-order valence-corrected chi connectivity index (χ4v) is 2.53. The number of nitrogens with zero attached hydrogens (tertiary/aromatic N) is 1. The van der Waals surface area contributed by atoms with E-state index in [9.17, 15) is 22.8 Å². The van der Waals surface area contributed by atoms with Crippen LogP contribution < -0.4 is 0 Å². The van der Waals surface area contributed by atoms with Gasteiger partial charge in [0.15, 0.2) is 0 Å². The summed E-state index contributed by atoms with van der Waals surface area (Å²) in [5.41, 5.74) is 1.06. The number of furan rings is 1. The van der Waals surface area contributed by atoms with Gasteiger partial charge < -0.3 is 14.4 Å². The molecular weight excluding hydrogens is 351 g/mol. The molecule has 0 aliphatic carbocycles. The van der Waals surface area contributed by atoms with Crippen molar-refractivity contribution in [2.75, 3.05) is 6.54 Å². The van der Waals surface area contributed by atoms with Crippen LogP contribution in [0.4, 0.5) is 13.2 Å². The molecule has 140 valence electrons. The summed E-state index contributed by atoms with van der Waals surface area (Å²) in [6, 6.07) is 8.61. The number of aryl methyl sites for hydroxylation is 1. The molecule has 0 saturated heterocycles. The Balaban J connectivity index is 2.30. The van der Waals surface area contributed by atoms with Crippen molar-refractivity contribution in [1.82, 2.24) is 4.90 Å². The number of carboxylic acid groups (broad SMARTS) is 1. The second kappa shape index (κ2) is 8.07. The Morgan fingerprint density at radius 2 is 1.85 bits per heavy atom. The van der Waals surface area contributed by atoms with Gasteiger partial charge in [-0.15, -0.1) is 0 Å². The van der Waals surface area contributed by atoms with Crippen LogP contribution in [0, 0.1) is 6.92 Å². The van der Waals surface area contributed by atoms with Crippen molar-refractivity contribution in [2.24, 2.45) is 0 Å². The lowest BCUT2D eigenvalue weighted by Gasteiger charge is -2.24. The molecule has 0 bridgehead atoms.